The molecule has 31 heavy (non-hydrogen) atoms. The number of aromatic nitrogens is 3. The lowest BCUT2D eigenvalue weighted by Gasteiger charge is -2.12. The normalized spacial score (nSPS) is 11.2. The third-order valence-electron chi connectivity index (χ3n) is 5.23. The van der Waals surface area contributed by atoms with Crippen molar-refractivity contribution in [3.05, 3.63) is 82.3 Å². The highest BCUT2D eigenvalue weighted by molar-refractivity contribution is 9.10. The predicted molar refractivity (Wildman–Crippen MR) is 127 cm³/mol. The molecule has 2 aromatic heterocycles. The number of methoxy groups -OCH3 is 1. The molecule has 0 atom stereocenters. The molecular formula is C24H17BrClN3O2. The van der Waals surface area contributed by atoms with Crippen LogP contribution >= 0.6 is 27.5 Å². The number of H-pyrrole nitrogens is 1. The van der Waals surface area contributed by atoms with E-state index in [0.29, 0.717) is 10.5 Å². The van der Waals surface area contributed by atoms with E-state index in [1.807, 2.05) is 65.2 Å². The second-order valence-electron chi connectivity index (χ2n) is 7.04. The first-order valence-electron chi connectivity index (χ1n) is 9.55. The van der Waals surface area contributed by atoms with Crippen LogP contribution in [-0.2, 0) is 0 Å². The van der Waals surface area contributed by atoms with Crippen LogP contribution in [0.5, 0.6) is 11.6 Å². The van der Waals surface area contributed by atoms with Gasteiger partial charge in [0.05, 0.1) is 18.2 Å². The van der Waals surface area contributed by atoms with E-state index in [1.54, 1.807) is 19.2 Å². The minimum atomic E-state index is 0.0824. The van der Waals surface area contributed by atoms with Crippen LogP contribution in [-0.4, -0.2) is 27.0 Å². The van der Waals surface area contributed by atoms with Crippen molar-refractivity contribution < 1.29 is 9.84 Å². The summed E-state index contributed by atoms with van der Waals surface area (Å²) >= 11 is 9.58. The largest absolute Gasteiger partial charge is 0.497 e. The number of ether oxygens (including phenoxy) is 1. The summed E-state index contributed by atoms with van der Waals surface area (Å²) in [6, 6.07) is 23.0. The number of hydrogen-bond acceptors (Lipinski definition) is 3. The van der Waals surface area contributed by atoms with Gasteiger partial charge in [0.2, 0.25) is 5.88 Å². The molecule has 0 amide bonds. The minimum Gasteiger partial charge on any atom is -0.497 e. The second-order valence-corrected chi connectivity index (χ2v) is 8.39. The fourth-order valence-electron chi connectivity index (χ4n) is 3.74. The SMILES string of the molecule is COc1ccc(-c2c3c(-c4ccc(Br)cc4)n[nH]c3c(O)n2-c2ccc(Cl)cc2)cc1. The number of aromatic hydroxyl groups is 1. The molecule has 0 radical (unpaired) electrons. The Labute approximate surface area is 192 Å². The molecule has 0 bridgehead atoms. The molecule has 5 rings (SSSR count). The molecule has 7 heteroatoms. The lowest BCUT2D eigenvalue weighted by atomic mass is 10.0. The van der Waals surface area contributed by atoms with Crippen LogP contribution in [0.4, 0.5) is 0 Å². The molecule has 2 N–H and O–H groups in total. The number of halogens is 2. The first kappa shape index (κ1) is 19.7. The van der Waals surface area contributed by atoms with Gasteiger partial charge < -0.3 is 9.84 Å². The molecular weight excluding hydrogens is 478 g/mol. The van der Waals surface area contributed by atoms with Crippen molar-refractivity contribution in [2.45, 2.75) is 0 Å². The van der Waals surface area contributed by atoms with Crippen molar-refractivity contribution in [1.82, 2.24) is 14.8 Å². The lowest BCUT2D eigenvalue weighted by molar-refractivity contribution is 0.415. The van der Waals surface area contributed by atoms with Gasteiger partial charge in [-0.1, -0.05) is 39.7 Å². The Balaban J connectivity index is 1.84. The van der Waals surface area contributed by atoms with Gasteiger partial charge in [0.25, 0.3) is 0 Å². The quantitative estimate of drug-likeness (QED) is 0.288. The standard InChI is InChI=1S/C24H17BrClN3O2/c1-31-19-12-4-15(5-13-19)23-20-21(14-2-6-16(25)7-3-14)27-28-22(20)24(30)29(23)18-10-8-17(26)9-11-18/h2-13,28,30H,1H3. The topological polar surface area (TPSA) is 63.1 Å². The molecule has 0 aliphatic carbocycles. The first-order valence-corrected chi connectivity index (χ1v) is 10.7. The van der Waals surface area contributed by atoms with Crippen molar-refractivity contribution in [2.75, 3.05) is 7.11 Å². The number of aromatic amines is 1. The summed E-state index contributed by atoms with van der Waals surface area (Å²) in [5, 5.41) is 20.2. The van der Waals surface area contributed by atoms with E-state index in [9.17, 15) is 5.11 Å². The molecule has 0 saturated carbocycles. The number of rotatable bonds is 4. The molecule has 5 nitrogen and oxygen atoms in total. The van der Waals surface area contributed by atoms with Gasteiger partial charge in [-0.25, -0.2) is 0 Å². The Morgan fingerprint density at radius 3 is 2.23 bits per heavy atom. The van der Waals surface area contributed by atoms with E-state index >= 15 is 0 Å². The zero-order valence-electron chi connectivity index (χ0n) is 16.4. The Bertz CT molecular complexity index is 1370. The lowest BCUT2D eigenvalue weighted by Crippen LogP contribution is -1.97. The molecule has 0 fully saturated rings. The predicted octanol–water partition coefficient (Wildman–Crippen LogP) is 6.82. The van der Waals surface area contributed by atoms with Gasteiger partial charge in [0, 0.05) is 20.7 Å². The van der Waals surface area contributed by atoms with E-state index < -0.39 is 0 Å². The van der Waals surface area contributed by atoms with Crippen molar-refractivity contribution in [1.29, 1.82) is 0 Å². The van der Waals surface area contributed by atoms with Crippen molar-refractivity contribution in [3.63, 3.8) is 0 Å². The highest BCUT2D eigenvalue weighted by Crippen LogP contribution is 2.44. The van der Waals surface area contributed by atoms with E-state index in [1.165, 1.54) is 0 Å². The van der Waals surface area contributed by atoms with E-state index in [0.717, 1.165) is 43.8 Å². The van der Waals surface area contributed by atoms with Crippen LogP contribution in [0, 0.1) is 0 Å². The Kier molecular flexibility index (Phi) is 4.96. The van der Waals surface area contributed by atoms with Crippen LogP contribution in [0.1, 0.15) is 0 Å². The minimum absolute atomic E-state index is 0.0824. The number of nitrogens with zero attached hydrogens (tertiary/aromatic N) is 2. The molecule has 5 aromatic rings. The van der Waals surface area contributed by atoms with Crippen LogP contribution in [0.2, 0.25) is 5.02 Å². The fraction of sp³-hybridized carbons (Fsp3) is 0.0417. The Hall–Kier alpha value is -3.22. The summed E-state index contributed by atoms with van der Waals surface area (Å²) in [5.74, 6) is 0.841. The molecule has 0 aliphatic rings. The van der Waals surface area contributed by atoms with Crippen molar-refractivity contribution in [3.8, 4) is 39.8 Å². The van der Waals surface area contributed by atoms with E-state index in [4.69, 9.17) is 16.3 Å². The number of fused-ring (bicyclic) bond motifs is 1. The zero-order valence-corrected chi connectivity index (χ0v) is 18.8. The maximum absolute atomic E-state index is 11.2. The maximum Gasteiger partial charge on any atom is 0.222 e. The molecule has 0 saturated heterocycles. The van der Waals surface area contributed by atoms with Crippen LogP contribution < -0.4 is 4.74 Å². The van der Waals surface area contributed by atoms with Gasteiger partial charge in [-0.05, 0) is 66.2 Å². The maximum atomic E-state index is 11.2. The van der Waals surface area contributed by atoms with E-state index in [2.05, 4.69) is 26.1 Å². The Morgan fingerprint density at radius 2 is 1.58 bits per heavy atom. The van der Waals surface area contributed by atoms with Gasteiger partial charge in [0.1, 0.15) is 17.0 Å². The molecule has 0 spiro atoms. The van der Waals surface area contributed by atoms with Crippen molar-refractivity contribution >= 4 is 38.4 Å². The molecule has 2 heterocycles. The van der Waals surface area contributed by atoms with E-state index in [-0.39, 0.29) is 5.88 Å². The van der Waals surface area contributed by atoms with Gasteiger partial charge >= 0.3 is 0 Å². The highest BCUT2D eigenvalue weighted by Gasteiger charge is 2.25. The van der Waals surface area contributed by atoms with Gasteiger partial charge in [-0.15, -0.1) is 0 Å². The molecule has 0 unspecified atom stereocenters. The van der Waals surface area contributed by atoms with Gasteiger partial charge in [0.15, 0.2) is 0 Å². The summed E-state index contributed by atoms with van der Waals surface area (Å²) in [7, 11) is 1.64. The third-order valence-corrected chi connectivity index (χ3v) is 6.01. The second kappa shape index (κ2) is 7.80. The smallest absolute Gasteiger partial charge is 0.222 e. The third kappa shape index (κ3) is 3.38. The van der Waals surface area contributed by atoms with Crippen LogP contribution in [0.15, 0.2) is 77.3 Å². The summed E-state index contributed by atoms with van der Waals surface area (Å²) in [6.07, 6.45) is 0. The Morgan fingerprint density at radius 1 is 0.935 bits per heavy atom. The number of benzene rings is 3. The summed E-state index contributed by atoms with van der Waals surface area (Å²) < 4.78 is 8.12. The first-order chi connectivity index (χ1) is 15.1. The monoisotopic (exact) mass is 493 g/mol. The van der Waals surface area contributed by atoms with Gasteiger partial charge in [-0.2, -0.15) is 5.10 Å². The molecule has 0 aliphatic heterocycles. The average Bonchev–Trinajstić information content (AvgIpc) is 3.34. The van der Waals surface area contributed by atoms with Crippen LogP contribution in [0.3, 0.4) is 0 Å². The van der Waals surface area contributed by atoms with Crippen molar-refractivity contribution in [2.24, 2.45) is 0 Å². The number of hydrogen-bond donors (Lipinski definition) is 2. The average molecular weight is 495 g/mol. The molecule has 154 valence electrons. The zero-order chi connectivity index (χ0) is 21.5. The summed E-state index contributed by atoms with van der Waals surface area (Å²) in [4.78, 5) is 0. The highest BCUT2D eigenvalue weighted by atomic mass is 79.9. The number of nitrogens with one attached hydrogen (secondary N) is 1. The van der Waals surface area contributed by atoms with Gasteiger partial charge in [-0.3, -0.25) is 9.67 Å². The fourth-order valence-corrected chi connectivity index (χ4v) is 4.13. The van der Waals surface area contributed by atoms with Crippen LogP contribution in [0.25, 0.3) is 39.1 Å². The molecule has 3 aromatic carbocycles. The summed E-state index contributed by atoms with van der Waals surface area (Å²) in [6.45, 7) is 0. The summed E-state index contributed by atoms with van der Waals surface area (Å²) in [5.41, 5.74) is 4.80.